The minimum Gasteiger partial charge on any atom is -0.446 e. The molecule has 1 atom stereocenters. The molecule has 0 aliphatic heterocycles. The highest BCUT2D eigenvalue weighted by Gasteiger charge is 2.17. The lowest BCUT2D eigenvalue weighted by atomic mass is 10.1. The van der Waals surface area contributed by atoms with E-state index in [2.05, 4.69) is 10.3 Å². The molecule has 0 saturated carbocycles. The van der Waals surface area contributed by atoms with Gasteiger partial charge in [0.1, 0.15) is 6.26 Å². The van der Waals surface area contributed by atoms with E-state index >= 15 is 0 Å². The number of aromatic nitrogens is 1. The Bertz CT molecular complexity index is 551. The first-order valence-electron chi connectivity index (χ1n) is 6.73. The molecule has 0 aliphatic rings. The average Bonchev–Trinajstić information content (AvgIpc) is 2.96. The molecule has 0 saturated heterocycles. The zero-order valence-corrected chi connectivity index (χ0v) is 11.5. The number of carbonyl (C=O) groups is 1. The lowest BCUT2D eigenvalue weighted by Gasteiger charge is -2.07. The van der Waals surface area contributed by atoms with Crippen molar-refractivity contribution >= 4 is 5.91 Å². The van der Waals surface area contributed by atoms with E-state index in [0.717, 1.165) is 12.0 Å². The Labute approximate surface area is 118 Å². The van der Waals surface area contributed by atoms with Crippen molar-refractivity contribution in [1.29, 1.82) is 0 Å². The number of hydrogen-bond acceptors (Lipinski definition) is 4. The van der Waals surface area contributed by atoms with Crippen molar-refractivity contribution in [3.8, 4) is 0 Å². The van der Waals surface area contributed by atoms with Crippen molar-refractivity contribution < 1.29 is 9.21 Å². The van der Waals surface area contributed by atoms with Gasteiger partial charge >= 0.3 is 0 Å². The van der Waals surface area contributed by atoms with E-state index < -0.39 is 0 Å². The molecule has 106 valence electrons. The molecule has 1 unspecified atom stereocenters. The predicted octanol–water partition coefficient (Wildman–Crippen LogP) is 2.06. The van der Waals surface area contributed by atoms with Gasteiger partial charge in [-0.1, -0.05) is 37.3 Å². The normalized spacial score (nSPS) is 12.1. The molecule has 5 heteroatoms. The molecule has 0 radical (unpaired) electrons. The Balaban J connectivity index is 1.99. The van der Waals surface area contributed by atoms with Gasteiger partial charge in [0.15, 0.2) is 5.69 Å². The van der Waals surface area contributed by atoms with Crippen LogP contribution in [0.25, 0.3) is 0 Å². The van der Waals surface area contributed by atoms with Crippen LogP contribution in [0.15, 0.2) is 41.0 Å². The number of hydrogen-bond donors (Lipinski definition) is 2. The summed E-state index contributed by atoms with van der Waals surface area (Å²) in [6, 6.07) is 9.51. The lowest BCUT2D eigenvalue weighted by molar-refractivity contribution is 0.0948. The van der Waals surface area contributed by atoms with Crippen molar-refractivity contribution in [1.82, 2.24) is 10.3 Å². The van der Waals surface area contributed by atoms with Gasteiger partial charge in [0.25, 0.3) is 5.91 Å². The van der Waals surface area contributed by atoms with Gasteiger partial charge in [0.05, 0.1) is 6.04 Å². The van der Waals surface area contributed by atoms with E-state index in [4.69, 9.17) is 10.2 Å². The smallest absolute Gasteiger partial charge is 0.273 e. The number of rotatable bonds is 6. The van der Waals surface area contributed by atoms with E-state index in [0.29, 0.717) is 18.9 Å². The van der Waals surface area contributed by atoms with Crippen LogP contribution in [0.1, 0.15) is 41.3 Å². The molecule has 5 nitrogen and oxygen atoms in total. The summed E-state index contributed by atoms with van der Waals surface area (Å²) in [5, 5.41) is 2.75. The van der Waals surface area contributed by atoms with E-state index in [-0.39, 0.29) is 17.6 Å². The first kappa shape index (κ1) is 14.3. The highest BCUT2D eigenvalue weighted by atomic mass is 16.3. The van der Waals surface area contributed by atoms with Crippen LogP contribution in [0, 0.1) is 0 Å². The van der Waals surface area contributed by atoms with E-state index in [1.54, 1.807) is 0 Å². The van der Waals surface area contributed by atoms with Gasteiger partial charge in [-0.3, -0.25) is 4.79 Å². The van der Waals surface area contributed by atoms with Crippen LogP contribution in [-0.2, 0) is 6.42 Å². The van der Waals surface area contributed by atoms with Crippen LogP contribution in [-0.4, -0.2) is 17.4 Å². The van der Waals surface area contributed by atoms with Crippen molar-refractivity contribution in [2.24, 2.45) is 5.73 Å². The first-order chi connectivity index (χ1) is 9.70. The zero-order chi connectivity index (χ0) is 14.4. The highest BCUT2D eigenvalue weighted by molar-refractivity contribution is 5.91. The Morgan fingerprint density at radius 3 is 2.85 bits per heavy atom. The highest BCUT2D eigenvalue weighted by Crippen LogP contribution is 2.15. The van der Waals surface area contributed by atoms with E-state index in [1.165, 1.54) is 6.26 Å². The molecule has 1 amide bonds. The molecule has 3 N–H and O–H groups in total. The zero-order valence-electron chi connectivity index (χ0n) is 11.5. The van der Waals surface area contributed by atoms with Gasteiger partial charge in [-0.25, -0.2) is 4.98 Å². The number of nitrogens with zero attached hydrogens (tertiary/aromatic N) is 1. The number of oxazole rings is 1. The van der Waals surface area contributed by atoms with E-state index in [1.807, 2.05) is 37.3 Å². The quantitative estimate of drug-likeness (QED) is 0.844. The molecule has 20 heavy (non-hydrogen) atoms. The maximum Gasteiger partial charge on any atom is 0.273 e. The number of amides is 1. The number of nitrogens with one attached hydrogen (secondary N) is 1. The van der Waals surface area contributed by atoms with Gasteiger partial charge < -0.3 is 15.5 Å². The summed E-state index contributed by atoms with van der Waals surface area (Å²) in [4.78, 5) is 15.9. The summed E-state index contributed by atoms with van der Waals surface area (Å²) < 4.78 is 5.30. The second-order valence-electron chi connectivity index (χ2n) is 4.62. The molecule has 0 bridgehead atoms. The number of nitrogens with two attached hydrogens (primary N) is 1. The average molecular weight is 273 g/mol. The van der Waals surface area contributed by atoms with Gasteiger partial charge in [0, 0.05) is 6.54 Å². The third-order valence-electron chi connectivity index (χ3n) is 2.91. The molecule has 2 rings (SSSR count). The number of benzene rings is 1. The molecule has 1 aromatic carbocycles. The summed E-state index contributed by atoms with van der Waals surface area (Å²) in [6.07, 6.45) is 2.85. The third kappa shape index (κ3) is 3.68. The van der Waals surface area contributed by atoms with Gasteiger partial charge in [-0.05, 0) is 18.4 Å². The van der Waals surface area contributed by atoms with Crippen LogP contribution >= 0.6 is 0 Å². The summed E-state index contributed by atoms with van der Waals surface area (Å²) in [5.74, 6) is 0.157. The summed E-state index contributed by atoms with van der Waals surface area (Å²) in [5.41, 5.74) is 7.43. The fourth-order valence-corrected chi connectivity index (χ4v) is 1.85. The predicted molar refractivity (Wildman–Crippen MR) is 76.2 cm³/mol. The largest absolute Gasteiger partial charge is 0.446 e. The Hall–Kier alpha value is -2.14. The van der Waals surface area contributed by atoms with Crippen LogP contribution in [0.5, 0.6) is 0 Å². The SMILES string of the molecule is CCCNC(=O)c1coc(C(N)Cc2ccccc2)n1. The summed E-state index contributed by atoms with van der Waals surface area (Å²) in [6.45, 7) is 2.61. The molecule has 1 aromatic heterocycles. The van der Waals surface area contributed by atoms with Crippen molar-refractivity contribution in [3.63, 3.8) is 0 Å². The molecule has 0 fully saturated rings. The minimum atomic E-state index is -0.356. The topological polar surface area (TPSA) is 81.2 Å². The Kier molecular flexibility index (Phi) is 4.90. The van der Waals surface area contributed by atoms with Crippen molar-refractivity contribution in [3.05, 3.63) is 53.7 Å². The maximum atomic E-state index is 11.7. The summed E-state index contributed by atoms with van der Waals surface area (Å²) in [7, 11) is 0. The first-order valence-corrected chi connectivity index (χ1v) is 6.73. The van der Waals surface area contributed by atoms with Crippen LogP contribution in [0.4, 0.5) is 0 Å². The monoisotopic (exact) mass is 273 g/mol. The second-order valence-corrected chi connectivity index (χ2v) is 4.62. The maximum absolute atomic E-state index is 11.7. The Morgan fingerprint density at radius 1 is 1.40 bits per heavy atom. The molecule has 2 aromatic rings. The fraction of sp³-hybridized carbons (Fsp3) is 0.333. The van der Waals surface area contributed by atoms with Crippen LogP contribution < -0.4 is 11.1 Å². The fourth-order valence-electron chi connectivity index (χ4n) is 1.85. The molecule has 0 spiro atoms. The van der Waals surface area contributed by atoms with Gasteiger partial charge in [-0.15, -0.1) is 0 Å². The van der Waals surface area contributed by atoms with E-state index in [9.17, 15) is 4.79 Å². The molecular weight excluding hydrogens is 254 g/mol. The lowest BCUT2D eigenvalue weighted by Crippen LogP contribution is -2.24. The third-order valence-corrected chi connectivity index (χ3v) is 2.91. The molecular formula is C15H19N3O2. The minimum absolute atomic E-state index is 0.228. The second kappa shape index (κ2) is 6.86. The van der Waals surface area contributed by atoms with Gasteiger partial charge in [0.2, 0.25) is 5.89 Å². The molecule has 1 heterocycles. The molecule has 0 aliphatic carbocycles. The van der Waals surface area contributed by atoms with Crippen molar-refractivity contribution in [2.45, 2.75) is 25.8 Å². The summed E-state index contributed by atoms with van der Waals surface area (Å²) >= 11 is 0. The van der Waals surface area contributed by atoms with Crippen LogP contribution in [0.3, 0.4) is 0 Å². The standard InChI is InChI=1S/C15H19N3O2/c1-2-8-17-14(19)13-10-20-15(18-13)12(16)9-11-6-4-3-5-7-11/h3-7,10,12H,2,8-9,16H2,1H3,(H,17,19). The van der Waals surface area contributed by atoms with Crippen molar-refractivity contribution in [2.75, 3.05) is 6.54 Å². The number of carbonyl (C=O) groups excluding carboxylic acids is 1. The van der Waals surface area contributed by atoms with Crippen LogP contribution in [0.2, 0.25) is 0 Å². The van der Waals surface area contributed by atoms with Gasteiger partial charge in [-0.2, -0.15) is 0 Å². The Morgan fingerprint density at radius 2 is 2.15 bits per heavy atom.